The van der Waals surface area contributed by atoms with Crippen LogP contribution in [0, 0.1) is 0 Å². The topological polar surface area (TPSA) is 96.1 Å². The van der Waals surface area contributed by atoms with Gasteiger partial charge in [0.2, 0.25) is 0 Å². The van der Waals surface area contributed by atoms with Crippen LogP contribution in [0.3, 0.4) is 0 Å². The summed E-state index contributed by atoms with van der Waals surface area (Å²) in [6, 6.07) is 1.71. The molecule has 0 spiro atoms. The van der Waals surface area contributed by atoms with Gasteiger partial charge in [-0.05, 0) is 13.8 Å². The fraction of sp³-hybridized carbons (Fsp3) is 0.667. The minimum absolute atomic E-state index is 0.169. The van der Waals surface area contributed by atoms with E-state index in [4.69, 9.17) is 5.84 Å². The minimum Gasteiger partial charge on any atom is -0.389 e. The summed E-state index contributed by atoms with van der Waals surface area (Å²) in [6.45, 7) is 9.95. The second-order valence-electron chi connectivity index (χ2n) is 6.02. The van der Waals surface area contributed by atoms with E-state index in [-0.39, 0.29) is 5.41 Å². The second-order valence-corrected chi connectivity index (χ2v) is 6.02. The molecule has 1 aromatic rings. The molecular weight excluding hydrogens is 230 g/mol. The van der Waals surface area contributed by atoms with Crippen molar-refractivity contribution in [3.8, 4) is 0 Å². The molecule has 6 nitrogen and oxygen atoms in total. The van der Waals surface area contributed by atoms with Crippen LogP contribution in [0.4, 0.5) is 11.6 Å². The van der Waals surface area contributed by atoms with Gasteiger partial charge in [-0.25, -0.2) is 15.8 Å². The summed E-state index contributed by atoms with van der Waals surface area (Å²) in [4.78, 5) is 8.74. The number of hydrogen-bond acceptors (Lipinski definition) is 6. The molecule has 0 fully saturated rings. The van der Waals surface area contributed by atoms with Gasteiger partial charge in [0.25, 0.3) is 0 Å². The molecule has 18 heavy (non-hydrogen) atoms. The van der Waals surface area contributed by atoms with Gasteiger partial charge in [0.15, 0.2) is 0 Å². The molecule has 1 heterocycles. The fourth-order valence-corrected chi connectivity index (χ4v) is 1.25. The van der Waals surface area contributed by atoms with E-state index in [0.29, 0.717) is 24.0 Å². The predicted molar refractivity (Wildman–Crippen MR) is 73.3 cm³/mol. The van der Waals surface area contributed by atoms with Crippen molar-refractivity contribution in [1.29, 1.82) is 0 Å². The third kappa shape index (κ3) is 4.46. The van der Waals surface area contributed by atoms with E-state index in [0.717, 1.165) is 0 Å². The van der Waals surface area contributed by atoms with Crippen LogP contribution in [0.2, 0.25) is 0 Å². The van der Waals surface area contributed by atoms with Crippen LogP contribution in [0.15, 0.2) is 6.07 Å². The Balaban J connectivity index is 2.98. The van der Waals surface area contributed by atoms with Crippen LogP contribution < -0.4 is 16.6 Å². The zero-order valence-corrected chi connectivity index (χ0v) is 11.7. The maximum absolute atomic E-state index is 9.69. The number of aliphatic hydroxyl groups is 1. The predicted octanol–water partition coefficient (Wildman–Crippen LogP) is 1.24. The smallest absolute Gasteiger partial charge is 0.145 e. The summed E-state index contributed by atoms with van der Waals surface area (Å²) in [7, 11) is 0. The summed E-state index contributed by atoms with van der Waals surface area (Å²) < 4.78 is 0. The second kappa shape index (κ2) is 5.07. The highest BCUT2D eigenvalue weighted by atomic mass is 16.3. The van der Waals surface area contributed by atoms with Crippen molar-refractivity contribution in [2.75, 3.05) is 17.3 Å². The van der Waals surface area contributed by atoms with E-state index in [9.17, 15) is 5.11 Å². The van der Waals surface area contributed by atoms with Crippen LogP contribution >= 0.6 is 0 Å². The Kier molecular flexibility index (Phi) is 4.13. The molecule has 0 atom stereocenters. The van der Waals surface area contributed by atoms with Crippen molar-refractivity contribution in [2.45, 2.75) is 45.6 Å². The standard InChI is InChI=1S/C12H23N5O/c1-11(2,3)10-15-8(6-9(16-10)17-13)14-7-12(4,5)18/h6,18H,7,13H2,1-5H3,(H2,14,15,16,17). The largest absolute Gasteiger partial charge is 0.389 e. The Hall–Kier alpha value is -1.40. The zero-order valence-electron chi connectivity index (χ0n) is 11.7. The molecule has 0 aliphatic carbocycles. The lowest BCUT2D eigenvalue weighted by Gasteiger charge is -2.21. The Morgan fingerprint density at radius 2 is 1.72 bits per heavy atom. The number of nitrogens with zero attached hydrogens (tertiary/aromatic N) is 2. The monoisotopic (exact) mass is 253 g/mol. The first-order chi connectivity index (χ1) is 8.12. The van der Waals surface area contributed by atoms with Gasteiger partial charge in [-0.1, -0.05) is 20.8 Å². The first-order valence-electron chi connectivity index (χ1n) is 5.94. The van der Waals surface area contributed by atoms with Crippen molar-refractivity contribution < 1.29 is 5.11 Å². The third-order valence-corrected chi connectivity index (χ3v) is 2.25. The van der Waals surface area contributed by atoms with Gasteiger partial charge in [-0.3, -0.25) is 0 Å². The maximum Gasteiger partial charge on any atom is 0.145 e. The van der Waals surface area contributed by atoms with Crippen molar-refractivity contribution in [3.63, 3.8) is 0 Å². The van der Waals surface area contributed by atoms with Crippen LogP contribution in [0.1, 0.15) is 40.4 Å². The molecule has 102 valence electrons. The first-order valence-corrected chi connectivity index (χ1v) is 5.94. The number of aromatic nitrogens is 2. The quantitative estimate of drug-likeness (QED) is 0.476. The molecule has 0 amide bonds. The minimum atomic E-state index is -0.802. The molecule has 1 aromatic heterocycles. The van der Waals surface area contributed by atoms with Crippen molar-refractivity contribution in [2.24, 2.45) is 5.84 Å². The number of anilines is 2. The number of rotatable bonds is 4. The van der Waals surface area contributed by atoms with Gasteiger partial charge < -0.3 is 15.8 Å². The summed E-state index contributed by atoms with van der Waals surface area (Å²) in [5, 5.41) is 12.8. The highest BCUT2D eigenvalue weighted by molar-refractivity contribution is 5.47. The lowest BCUT2D eigenvalue weighted by molar-refractivity contribution is 0.0944. The van der Waals surface area contributed by atoms with E-state index in [1.165, 1.54) is 0 Å². The van der Waals surface area contributed by atoms with Gasteiger partial charge >= 0.3 is 0 Å². The summed E-state index contributed by atoms with van der Waals surface area (Å²) in [5.41, 5.74) is 1.55. The zero-order chi connectivity index (χ0) is 14.0. The average molecular weight is 253 g/mol. The number of nitrogen functional groups attached to an aromatic ring is 1. The normalized spacial score (nSPS) is 12.4. The Bertz CT molecular complexity index is 406. The van der Waals surface area contributed by atoms with E-state index in [2.05, 4.69) is 20.7 Å². The molecule has 0 aliphatic rings. The molecule has 6 heteroatoms. The van der Waals surface area contributed by atoms with Crippen molar-refractivity contribution in [3.05, 3.63) is 11.9 Å². The van der Waals surface area contributed by atoms with E-state index in [1.54, 1.807) is 19.9 Å². The van der Waals surface area contributed by atoms with Gasteiger partial charge in [0.1, 0.15) is 17.5 Å². The fourth-order valence-electron chi connectivity index (χ4n) is 1.25. The molecule has 1 rings (SSSR count). The molecular formula is C12H23N5O. The van der Waals surface area contributed by atoms with Crippen LogP contribution in [0.25, 0.3) is 0 Å². The number of hydrazine groups is 1. The Labute approximate surface area is 108 Å². The highest BCUT2D eigenvalue weighted by Crippen LogP contribution is 2.22. The molecule has 0 saturated carbocycles. The van der Waals surface area contributed by atoms with Crippen molar-refractivity contribution >= 4 is 11.6 Å². The van der Waals surface area contributed by atoms with Crippen LogP contribution in [-0.4, -0.2) is 27.2 Å². The molecule has 0 aromatic carbocycles. The molecule has 0 unspecified atom stereocenters. The van der Waals surface area contributed by atoms with Gasteiger partial charge in [0.05, 0.1) is 5.60 Å². The van der Waals surface area contributed by atoms with Crippen LogP contribution in [0.5, 0.6) is 0 Å². The molecule has 0 radical (unpaired) electrons. The van der Waals surface area contributed by atoms with E-state index >= 15 is 0 Å². The summed E-state index contributed by atoms with van der Waals surface area (Å²) in [5.74, 6) is 7.28. The van der Waals surface area contributed by atoms with Crippen molar-refractivity contribution in [1.82, 2.24) is 9.97 Å². The Morgan fingerprint density at radius 3 is 2.17 bits per heavy atom. The Morgan fingerprint density at radius 1 is 1.17 bits per heavy atom. The average Bonchev–Trinajstić information content (AvgIpc) is 2.24. The SMILES string of the molecule is CC(C)(O)CNc1cc(NN)nc(C(C)(C)C)n1. The molecule has 0 bridgehead atoms. The number of nitrogens with one attached hydrogen (secondary N) is 2. The van der Waals surface area contributed by atoms with Gasteiger partial charge in [0, 0.05) is 18.0 Å². The first kappa shape index (κ1) is 14.7. The molecule has 5 N–H and O–H groups in total. The van der Waals surface area contributed by atoms with E-state index in [1.807, 2.05) is 20.8 Å². The summed E-state index contributed by atoms with van der Waals surface area (Å²) >= 11 is 0. The van der Waals surface area contributed by atoms with E-state index < -0.39 is 5.60 Å². The highest BCUT2D eigenvalue weighted by Gasteiger charge is 2.20. The van der Waals surface area contributed by atoms with Gasteiger partial charge in [-0.2, -0.15) is 0 Å². The van der Waals surface area contributed by atoms with Gasteiger partial charge in [-0.15, -0.1) is 0 Å². The summed E-state index contributed by atoms with van der Waals surface area (Å²) in [6.07, 6.45) is 0. The number of nitrogens with two attached hydrogens (primary N) is 1. The lowest BCUT2D eigenvalue weighted by Crippen LogP contribution is -2.30. The number of hydrogen-bond donors (Lipinski definition) is 4. The van der Waals surface area contributed by atoms with Crippen LogP contribution in [-0.2, 0) is 5.41 Å². The molecule has 0 aliphatic heterocycles. The maximum atomic E-state index is 9.69. The third-order valence-electron chi connectivity index (χ3n) is 2.25. The lowest BCUT2D eigenvalue weighted by atomic mass is 9.96. The molecule has 0 saturated heterocycles.